The van der Waals surface area contributed by atoms with Gasteiger partial charge < -0.3 is 9.47 Å². The van der Waals surface area contributed by atoms with Crippen molar-refractivity contribution >= 4 is 12.4 Å². The third kappa shape index (κ3) is 4.45. The van der Waals surface area contributed by atoms with Gasteiger partial charge in [-0.2, -0.15) is 0 Å². The molecule has 0 amide bonds. The number of hydrogen-bond donors (Lipinski definition) is 0. The van der Waals surface area contributed by atoms with Crippen molar-refractivity contribution in [3.63, 3.8) is 0 Å². The van der Waals surface area contributed by atoms with Crippen LogP contribution < -0.4 is 0 Å². The van der Waals surface area contributed by atoms with E-state index in [2.05, 4.69) is 0 Å². The Bertz CT molecular complexity index is 566. The molecule has 107 valence electrons. The maximum atomic E-state index is 12.0. The van der Waals surface area contributed by atoms with Crippen LogP contribution in [0.25, 0.3) is 0 Å². The zero-order valence-corrected chi connectivity index (χ0v) is 11.4. The number of carbonyl (C=O) groups is 1. The van der Waals surface area contributed by atoms with Crippen molar-refractivity contribution in [3.05, 3.63) is 71.8 Å². The molecular formula is C17H15O4. The van der Waals surface area contributed by atoms with Crippen LogP contribution in [0.5, 0.6) is 0 Å². The maximum Gasteiger partial charge on any atom is 0.418 e. The summed E-state index contributed by atoms with van der Waals surface area (Å²) in [5.74, 6) is -0.597. The van der Waals surface area contributed by atoms with Crippen LogP contribution in [0.4, 0.5) is 0 Å². The summed E-state index contributed by atoms with van der Waals surface area (Å²) in [4.78, 5) is 22.4. The summed E-state index contributed by atoms with van der Waals surface area (Å²) < 4.78 is 9.88. The average molecular weight is 283 g/mol. The monoisotopic (exact) mass is 283 g/mol. The molecule has 0 saturated carbocycles. The largest absolute Gasteiger partial charge is 0.462 e. The number of hydrogen-bond acceptors (Lipinski definition) is 4. The fraction of sp³-hybridized carbons (Fsp3) is 0.176. The topological polar surface area (TPSA) is 52.6 Å². The summed E-state index contributed by atoms with van der Waals surface area (Å²) >= 11 is 0. The summed E-state index contributed by atoms with van der Waals surface area (Å²) in [7, 11) is 0. The van der Waals surface area contributed by atoms with E-state index in [-0.39, 0.29) is 6.61 Å². The lowest BCUT2D eigenvalue weighted by molar-refractivity contribution is -0.153. The molecule has 0 aliphatic carbocycles. The number of rotatable bonds is 7. The first-order valence-corrected chi connectivity index (χ1v) is 6.59. The molecule has 0 spiro atoms. The van der Waals surface area contributed by atoms with Gasteiger partial charge in [-0.05, 0) is 5.56 Å². The Labute approximate surface area is 123 Å². The van der Waals surface area contributed by atoms with E-state index in [0.717, 1.165) is 5.56 Å². The van der Waals surface area contributed by atoms with E-state index in [1.54, 1.807) is 24.3 Å². The van der Waals surface area contributed by atoms with Crippen molar-refractivity contribution in [2.45, 2.75) is 12.5 Å². The Morgan fingerprint density at radius 2 is 1.62 bits per heavy atom. The molecule has 2 aromatic rings. The van der Waals surface area contributed by atoms with Crippen molar-refractivity contribution in [2.24, 2.45) is 0 Å². The van der Waals surface area contributed by atoms with Gasteiger partial charge in [-0.15, -0.1) is 0 Å². The first-order valence-electron chi connectivity index (χ1n) is 6.59. The third-order valence-corrected chi connectivity index (χ3v) is 2.96. The highest BCUT2D eigenvalue weighted by atomic mass is 16.6. The molecule has 21 heavy (non-hydrogen) atoms. The van der Waals surface area contributed by atoms with Gasteiger partial charge in [-0.3, -0.25) is 0 Å². The molecule has 0 aliphatic heterocycles. The lowest BCUT2D eigenvalue weighted by Gasteiger charge is -2.14. The van der Waals surface area contributed by atoms with E-state index in [4.69, 9.17) is 9.47 Å². The van der Waals surface area contributed by atoms with Crippen LogP contribution in [-0.4, -0.2) is 19.0 Å². The number of benzene rings is 2. The molecule has 0 fully saturated rings. The Morgan fingerprint density at radius 3 is 2.24 bits per heavy atom. The van der Waals surface area contributed by atoms with Crippen LogP contribution in [0.2, 0.25) is 0 Å². The van der Waals surface area contributed by atoms with Crippen LogP contribution >= 0.6 is 0 Å². The lowest BCUT2D eigenvalue weighted by atomic mass is 10.1. The van der Waals surface area contributed by atoms with Gasteiger partial charge in [0.2, 0.25) is 6.10 Å². The Hall–Kier alpha value is -2.62. The molecule has 0 aromatic heterocycles. The summed E-state index contributed by atoms with van der Waals surface area (Å²) in [5.41, 5.74) is 1.63. The summed E-state index contributed by atoms with van der Waals surface area (Å²) in [6, 6.07) is 18.4. The molecule has 1 radical (unpaired) electrons. The molecule has 4 nitrogen and oxygen atoms in total. The summed E-state index contributed by atoms with van der Waals surface area (Å²) in [6.07, 6.45) is -0.460. The Balaban J connectivity index is 1.92. The van der Waals surface area contributed by atoms with Crippen LogP contribution in [0.3, 0.4) is 0 Å². The van der Waals surface area contributed by atoms with Gasteiger partial charge in [0.1, 0.15) is 0 Å². The van der Waals surface area contributed by atoms with Gasteiger partial charge in [0.25, 0.3) is 0 Å². The second kappa shape index (κ2) is 7.85. The highest BCUT2D eigenvalue weighted by molar-refractivity contribution is 5.77. The second-order valence-corrected chi connectivity index (χ2v) is 4.40. The van der Waals surface area contributed by atoms with Crippen molar-refractivity contribution < 1.29 is 19.1 Å². The maximum absolute atomic E-state index is 12.0. The second-order valence-electron chi connectivity index (χ2n) is 4.40. The predicted molar refractivity (Wildman–Crippen MR) is 77.1 cm³/mol. The van der Waals surface area contributed by atoms with E-state index in [1.165, 1.54) is 6.47 Å². The highest BCUT2D eigenvalue weighted by Gasteiger charge is 2.23. The third-order valence-electron chi connectivity index (χ3n) is 2.96. The van der Waals surface area contributed by atoms with E-state index < -0.39 is 12.1 Å². The van der Waals surface area contributed by atoms with Crippen molar-refractivity contribution in [1.29, 1.82) is 0 Å². The van der Waals surface area contributed by atoms with Gasteiger partial charge in [0.05, 0.1) is 6.61 Å². The van der Waals surface area contributed by atoms with Crippen LogP contribution in [-0.2, 0) is 25.5 Å². The molecule has 2 rings (SSSR count). The van der Waals surface area contributed by atoms with E-state index in [1.807, 2.05) is 36.4 Å². The Kier molecular flexibility index (Phi) is 5.52. The first kappa shape index (κ1) is 14.8. The van der Waals surface area contributed by atoms with Gasteiger partial charge in [0, 0.05) is 12.0 Å². The minimum atomic E-state index is -1.07. The quantitative estimate of drug-likeness (QED) is 0.733. The highest BCUT2D eigenvalue weighted by Crippen LogP contribution is 2.18. The predicted octanol–water partition coefficient (Wildman–Crippen LogP) is 2.60. The molecule has 0 heterocycles. The number of esters is 1. The number of carbonyl (C=O) groups excluding carboxylic acids is 2. The fourth-order valence-electron chi connectivity index (χ4n) is 1.92. The van der Waals surface area contributed by atoms with Crippen molar-refractivity contribution in [3.8, 4) is 0 Å². The molecule has 0 saturated heterocycles. The van der Waals surface area contributed by atoms with Crippen LogP contribution in [0, 0.1) is 0 Å². The molecule has 1 atom stereocenters. The molecular weight excluding hydrogens is 268 g/mol. The lowest BCUT2D eigenvalue weighted by Crippen LogP contribution is -2.19. The first-order chi connectivity index (χ1) is 10.3. The average Bonchev–Trinajstić information content (AvgIpc) is 2.54. The van der Waals surface area contributed by atoms with Gasteiger partial charge in [-0.1, -0.05) is 60.7 Å². The van der Waals surface area contributed by atoms with Crippen LogP contribution in [0.15, 0.2) is 60.7 Å². The molecule has 0 bridgehead atoms. The zero-order chi connectivity index (χ0) is 14.9. The van der Waals surface area contributed by atoms with Crippen molar-refractivity contribution in [1.82, 2.24) is 0 Å². The number of ether oxygens (including phenoxy) is 2. The molecule has 1 unspecified atom stereocenters. The molecule has 0 aliphatic rings. The van der Waals surface area contributed by atoms with E-state index >= 15 is 0 Å². The van der Waals surface area contributed by atoms with Gasteiger partial charge >= 0.3 is 12.4 Å². The SMILES string of the molecule is O=[C]OC(C(=O)OCCc1ccccc1)c1ccccc1. The van der Waals surface area contributed by atoms with Gasteiger partial charge in [-0.25, -0.2) is 9.59 Å². The molecule has 2 aromatic carbocycles. The van der Waals surface area contributed by atoms with Gasteiger partial charge in [0.15, 0.2) is 0 Å². The fourth-order valence-corrected chi connectivity index (χ4v) is 1.92. The normalized spacial score (nSPS) is 11.4. The smallest absolute Gasteiger partial charge is 0.418 e. The Morgan fingerprint density at radius 1 is 1.00 bits per heavy atom. The van der Waals surface area contributed by atoms with Crippen molar-refractivity contribution in [2.75, 3.05) is 6.61 Å². The standard InChI is InChI=1S/C17H15O4/c18-13-21-16(15-9-5-2-6-10-15)17(19)20-12-11-14-7-3-1-4-8-14/h1-10,16H,11-12H2. The van der Waals surface area contributed by atoms with E-state index in [0.29, 0.717) is 12.0 Å². The summed E-state index contributed by atoms with van der Waals surface area (Å²) in [5, 5.41) is 0. The minimum absolute atomic E-state index is 0.231. The summed E-state index contributed by atoms with van der Waals surface area (Å²) in [6.45, 7) is 1.54. The molecule has 4 heteroatoms. The molecule has 0 N–H and O–H groups in total. The zero-order valence-electron chi connectivity index (χ0n) is 11.4. The minimum Gasteiger partial charge on any atom is -0.462 e. The van der Waals surface area contributed by atoms with E-state index in [9.17, 15) is 9.59 Å². The van der Waals surface area contributed by atoms with Crippen LogP contribution in [0.1, 0.15) is 17.2 Å².